The van der Waals surface area contributed by atoms with Crippen LogP contribution in [0.25, 0.3) is 22.5 Å². The summed E-state index contributed by atoms with van der Waals surface area (Å²) in [6.45, 7) is 7.77. The van der Waals surface area contributed by atoms with E-state index in [9.17, 15) is 9.50 Å². The van der Waals surface area contributed by atoms with Gasteiger partial charge in [-0.1, -0.05) is 0 Å². The summed E-state index contributed by atoms with van der Waals surface area (Å²) in [5, 5.41) is 31.5. The van der Waals surface area contributed by atoms with Crippen molar-refractivity contribution in [3.8, 4) is 28.3 Å². The number of rotatable bonds is 4. The summed E-state index contributed by atoms with van der Waals surface area (Å²) in [6.07, 6.45) is 5.86. The van der Waals surface area contributed by atoms with Gasteiger partial charge in [0.15, 0.2) is 0 Å². The number of pyridine rings is 1. The molecular weight excluding hydrogens is 494 g/mol. The Morgan fingerprint density at radius 2 is 1.76 bits per heavy atom. The average Bonchev–Trinajstić information content (AvgIpc) is 3.20. The van der Waals surface area contributed by atoms with Crippen LogP contribution in [0.3, 0.4) is 0 Å². The van der Waals surface area contributed by atoms with Crippen LogP contribution >= 0.6 is 37.2 Å². The van der Waals surface area contributed by atoms with Gasteiger partial charge in [0, 0.05) is 34.6 Å². The van der Waals surface area contributed by atoms with E-state index in [0.29, 0.717) is 17.7 Å². The number of aromatic hydroxyl groups is 1. The first kappa shape index (κ1) is 28.8. The highest BCUT2D eigenvalue weighted by Crippen LogP contribution is 2.33. The summed E-state index contributed by atoms with van der Waals surface area (Å²) in [4.78, 5) is 8.53. The highest BCUT2D eigenvalue weighted by Gasteiger charge is 2.46. The van der Waals surface area contributed by atoms with Crippen LogP contribution in [0.4, 0.5) is 10.3 Å². The van der Waals surface area contributed by atoms with Crippen LogP contribution in [0.1, 0.15) is 34.1 Å². The molecule has 33 heavy (non-hydrogen) atoms. The fraction of sp³-hybridized carbons (Fsp3) is 0.450. The number of piperidine rings is 1. The van der Waals surface area contributed by atoms with Crippen LogP contribution in [0, 0.1) is 0 Å². The second-order valence-corrected chi connectivity index (χ2v) is 8.83. The number of nitrogens with one attached hydrogen (secondary N) is 3. The van der Waals surface area contributed by atoms with Gasteiger partial charge in [-0.2, -0.15) is 5.10 Å². The number of alkyl halides is 1. The van der Waals surface area contributed by atoms with Crippen molar-refractivity contribution >= 4 is 43.2 Å². The first-order valence-electron chi connectivity index (χ1n) is 9.73. The summed E-state index contributed by atoms with van der Waals surface area (Å²) < 4.78 is 15.0. The quantitative estimate of drug-likeness (QED) is 0.407. The number of nitrogens with zero attached hydrogens (tertiary/aromatic N) is 5. The molecule has 0 unspecified atom stereocenters. The maximum atomic E-state index is 15.0. The van der Waals surface area contributed by atoms with Crippen LogP contribution in [-0.4, -0.2) is 58.8 Å². The molecule has 3 aromatic heterocycles. The summed E-state index contributed by atoms with van der Waals surface area (Å²) in [5.41, 5.74) is 1.19. The second-order valence-electron chi connectivity index (χ2n) is 8.83. The van der Waals surface area contributed by atoms with Gasteiger partial charge in [-0.15, -0.1) is 47.4 Å². The van der Waals surface area contributed by atoms with Crippen molar-refractivity contribution < 1.29 is 9.50 Å². The Bertz CT molecular complexity index is 1030. The molecule has 182 valence electrons. The lowest BCUT2D eigenvalue weighted by atomic mass is 9.78. The fourth-order valence-electron chi connectivity index (χ4n) is 4.11. The minimum absolute atomic E-state index is 0. The third-order valence-corrected chi connectivity index (χ3v) is 5.25. The summed E-state index contributed by atoms with van der Waals surface area (Å²) in [6, 6.07) is 1.12. The van der Waals surface area contributed by atoms with E-state index in [0.717, 1.165) is 5.56 Å². The van der Waals surface area contributed by atoms with Crippen molar-refractivity contribution in [3.05, 3.63) is 30.9 Å². The number of aromatic nitrogens is 6. The zero-order chi connectivity index (χ0) is 21.5. The van der Waals surface area contributed by atoms with Crippen molar-refractivity contribution in [2.45, 2.75) is 57.4 Å². The van der Waals surface area contributed by atoms with Gasteiger partial charge in [-0.25, -0.2) is 14.4 Å². The molecule has 2 atom stereocenters. The zero-order valence-corrected chi connectivity index (χ0v) is 21.0. The predicted molar refractivity (Wildman–Crippen MR) is 132 cm³/mol. The van der Waals surface area contributed by atoms with E-state index < -0.39 is 17.8 Å². The highest BCUT2D eigenvalue weighted by atomic mass is 35.5. The smallest absolute Gasteiger partial charge is 0.243 e. The molecule has 0 bridgehead atoms. The number of aromatic amines is 1. The van der Waals surface area contributed by atoms with Crippen molar-refractivity contribution in [1.82, 2.24) is 35.7 Å². The summed E-state index contributed by atoms with van der Waals surface area (Å²) in [7, 11) is 0. The number of halogens is 4. The molecule has 13 heteroatoms. The number of hydrogen-bond donors (Lipinski definition) is 4. The molecule has 1 saturated heterocycles. The fourth-order valence-corrected chi connectivity index (χ4v) is 4.11. The molecule has 0 aliphatic carbocycles. The van der Waals surface area contributed by atoms with Gasteiger partial charge in [-0.05, 0) is 40.2 Å². The molecule has 0 amide bonds. The third-order valence-electron chi connectivity index (χ3n) is 5.25. The van der Waals surface area contributed by atoms with Gasteiger partial charge < -0.3 is 15.7 Å². The van der Waals surface area contributed by atoms with E-state index in [1.54, 1.807) is 24.7 Å². The van der Waals surface area contributed by atoms with Gasteiger partial charge in [-0.3, -0.25) is 5.10 Å². The van der Waals surface area contributed by atoms with Crippen LogP contribution in [-0.2, 0) is 0 Å². The van der Waals surface area contributed by atoms with Crippen molar-refractivity contribution in [2.24, 2.45) is 0 Å². The Balaban J connectivity index is 0.00000181. The molecule has 0 saturated carbocycles. The van der Waals surface area contributed by atoms with Crippen LogP contribution < -0.4 is 10.6 Å². The molecule has 1 aliphatic rings. The molecule has 9 nitrogen and oxygen atoms in total. The normalized spacial score (nSPS) is 20.5. The Hall–Kier alpha value is -2.27. The molecule has 3 aromatic rings. The maximum absolute atomic E-state index is 15.0. The van der Waals surface area contributed by atoms with Gasteiger partial charge in [0.25, 0.3) is 0 Å². The second kappa shape index (κ2) is 10.8. The Labute approximate surface area is 210 Å². The number of H-pyrrole nitrogens is 1. The summed E-state index contributed by atoms with van der Waals surface area (Å²) in [5.74, 6) is 0.186. The molecular formula is C20H28Cl3FN8O. The molecule has 0 aromatic carbocycles. The Morgan fingerprint density at radius 3 is 2.33 bits per heavy atom. The monoisotopic (exact) mass is 520 g/mol. The lowest BCUT2D eigenvalue weighted by Gasteiger charge is -2.48. The molecule has 0 radical (unpaired) electrons. The predicted octanol–water partition coefficient (Wildman–Crippen LogP) is 3.96. The molecule has 4 N–H and O–H groups in total. The van der Waals surface area contributed by atoms with E-state index in [4.69, 9.17) is 0 Å². The zero-order valence-electron chi connectivity index (χ0n) is 18.5. The van der Waals surface area contributed by atoms with Gasteiger partial charge in [0.1, 0.15) is 23.3 Å². The van der Waals surface area contributed by atoms with Crippen molar-refractivity contribution in [2.75, 3.05) is 5.32 Å². The van der Waals surface area contributed by atoms with E-state index in [-0.39, 0.29) is 60.2 Å². The molecule has 0 spiro atoms. The van der Waals surface area contributed by atoms with Gasteiger partial charge in [0.05, 0.1) is 18.4 Å². The lowest BCUT2D eigenvalue weighted by molar-refractivity contribution is 0.0654. The number of hydrogen-bond acceptors (Lipinski definition) is 8. The average molecular weight is 522 g/mol. The van der Waals surface area contributed by atoms with Gasteiger partial charge in [0.2, 0.25) is 5.95 Å². The lowest BCUT2D eigenvalue weighted by Crippen LogP contribution is -2.67. The Morgan fingerprint density at radius 1 is 1.03 bits per heavy atom. The topological polar surface area (TPSA) is 125 Å². The van der Waals surface area contributed by atoms with E-state index in [1.165, 1.54) is 6.20 Å². The minimum atomic E-state index is -1.13. The van der Waals surface area contributed by atoms with E-state index in [2.05, 4.69) is 41.0 Å². The molecule has 4 heterocycles. The first-order valence-corrected chi connectivity index (χ1v) is 9.73. The third kappa shape index (κ3) is 6.20. The van der Waals surface area contributed by atoms with Crippen LogP contribution in [0.15, 0.2) is 30.9 Å². The molecule has 1 aliphatic heterocycles. The molecule has 4 rings (SSSR count). The standard InChI is InChI=1S/C20H25FN8O.3ClH/c1-19(2)6-13(17(21)20(3,4)29-19)26-18-23-10-14(27-28-18)16-15(30)5-11(7-22-16)12-8-24-25-9-12;;;/h5,7-10,13,17,29-30H,6H2,1-4H3,(H,24,25)(H,23,26,28);3*1H/t13-,17-;;;/m1.../s1. The maximum Gasteiger partial charge on any atom is 0.243 e. The van der Waals surface area contributed by atoms with Crippen molar-refractivity contribution in [1.29, 1.82) is 0 Å². The first-order chi connectivity index (χ1) is 14.1. The minimum Gasteiger partial charge on any atom is -0.506 e. The van der Waals surface area contributed by atoms with E-state index in [1.807, 2.05) is 27.7 Å². The largest absolute Gasteiger partial charge is 0.506 e. The highest BCUT2D eigenvalue weighted by molar-refractivity contribution is 5.86. The van der Waals surface area contributed by atoms with Crippen LogP contribution in [0.2, 0.25) is 0 Å². The van der Waals surface area contributed by atoms with Crippen LogP contribution in [0.5, 0.6) is 5.75 Å². The summed E-state index contributed by atoms with van der Waals surface area (Å²) >= 11 is 0. The van der Waals surface area contributed by atoms with E-state index >= 15 is 0 Å². The SMILES string of the molecule is CC1(C)C[C@@H](Nc2ncc(-c3ncc(-c4cn[nH]c4)cc3O)nn2)[C@@H](F)C(C)(C)N1.Cl.Cl.Cl. The Kier molecular flexibility index (Phi) is 9.39. The molecule has 1 fully saturated rings. The van der Waals surface area contributed by atoms with Crippen molar-refractivity contribution in [3.63, 3.8) is 0 Å². The van der Waals surface area contributed by atoms with Gasteiger partial charge >= 0.3 is 0 Å². The number of anilines is 1.